The van der Waals surface area contributed by atoms with E-state index < -0.39 is 0 Å². The van der Waals surface area contributed by atoms with E-state index in [1.165, 1.54) is 41.5 Å². The van der Waals surface area contributed by atoms with Gasteiger partial charge in [-0.15, -0.1) is 0 Å². The lowest BCUT2D eigenvalue weighted by Gasteiger charge is -2.40. The van der Waals surface area contributed by atoms with Gasteiger partial charge >= 0.3 is 0 Å². The predicted molar refractivity (Wildman–Crippen MR) is 95.8 cm³/mol. The quantitative estimate of drug-likeness (QED) is 0.881. The van der Waals surface area contributed by atoms with Crippen LogP contribution in [-0.4, -0.2) is 5.91 Å². The SMILES string of the molecule is Cc1cccc2c1C1C3CCC(C3)C1c1c(CC(N)=O)cccc1-2. The van der Waals surface area contributed by atoms with E-state index in [1.54, 1.807) is 5.56 Å². The van der Waals surface area contributed by atoms with Crippen LogP contribution in [-0.2, 0) is 11.2 Å². The van der Waals surface area contributed by atoms with Gasteiger partial charge in [-0.25, -0.2) is 0 Å². The highest BCUT2D eigenvalue weighted by atomic mass is 16.1. The van der Waals surface area contributed by atoms with E-state index in [-0.39, 0.29) is 5.91 Å². The molecule has 24 heavy (non-hydrogen) atoms. The Morgan fingerprint density at radius 1 is 1.00 bits per heavy atom. The second kappa shape index (κ2) is 4.95. The van der Waals surface area contributed by atoms with E-state index in [0.717, 1.165) is 17.4 Å². The molecule has 2 saturated carbocycles. The number of carbonyl (C=O) groups excluding carboxylic acids is 1. The molecule has 2 fully saturated rings. The minimum Gasteiger partial charge on any atom is -0.369 e. The molecule has 4 unspecified atom stereocenters. The van der Waals surface area contributed by atoms with Crippen molar-refractivity contribution >= 4 is 5.91 Å². The first-order valence-corrected chi connectivity index (χ1v) is 9.15. The molecular weight excluding hydrogens is 294 g/mol. The van der Waals surface area contributed by atoms with E-state index in [0.29, 0.717) is 18.3 Å². The summed E-state index contributed by atoms with van der Waals surface area (Å²) in [6.07, 6.45) is 4.43. The molecule has 0 saturated heterocycles. The Morgan fingerprint density at radius 2 is 1.62 bits per heavy atom. The third-order valence-corrected chi connectivity index (χ3v) is 6.76. The average molecular weight is 317 g/mol. The molecule has 0 heterocycles. The first kappa shape index (κ1) is 14.3. The van der Waals surface area contributed by atoms with Crippen LogP contribution in [0.15, 0.2) is 36.4 Å². The summed E-state index contributed by atoms with van der Waals surface area (Å²) in [6.45, 7) is 2.26. The van der Waals surface area contributed by atoms with Crippen LogP contribution in [0.2, 0.25) is 0 Å². The molecule has 0 spiro atoms. The number of fused-ring (bicyclic) bond motifs is 10. The molecule has 3 aliphatic rings. The first-order valence-electron chi connectivity index (χ1n) is 9.15. The molecule has 2 nitrogen and oxygen atoms in total. The second-order valence-corrected chi connectivity index (χ2v) is 7.94. The van der Waals surface area contributed by atoms with E-state index in [4.69, 9.17) is 5.73 Å². The third kappa shape index (κ3) is 1.80. The van der Waals surface area contributed by atoms with Gasteiger partial charge in [0.25, 0.3) is 0 Å². The summed E-state index contributed by atoms with van der Waals surface area (Å²) in [5.74, 6) is 2.60. The average Bonchev–Trinajstić information content (AvgIpc) is 3.16. The summed E-state index contributed by atoms with van der Waals surface area (Å²) in [4.78, 5) is 11.6. The molecule has 4 atom stereocenters. The number of benzene rings is 2. The fourth-order valence-corrected chi connectivity index (χ4v) is 6.06. The standard InChI is InChI=1S/C22H23NO/c1-12-4-2-6-16-17-7-3-5-13(11-18(23)24)20(17)22-15-9-8-14(10-15)21(22)19(12)16/h2-7,14-15,21-22H,8-11H2,1H3,(H2,23,24). The van der Waals surface area contributed by atoms with Crippen LogP contribution in [0.1, 0.15) is 53.4 Å². The Labute approximate surface area is 143 Å². The van der Waals surface area contributed by atoms with Crippen LogP contribution in [0.25, 0.3) is 11.1 Å². The van der Waals surface area contributed by atoms with Crippen molar-refractivity contribution in [2.75, 3.05) is 0 Å². The number of amides is 1. The molecule has 122 valence electrons. The third-order valence-electron chi connectivity index (χ3n) is 6.76. The van der Waals surface area contributed by atoms with Crippen molar-refractivity contribution in [1.29, 1.82) is 0 Å². The van der Waals surface area contributed by atoms with Gasteiger partial charge in [0.2, 0.25) is 5.91 Å². The van der Waals surface area contributed by atoms with Gasteiger partial charge in [0.1, 0.15) is 0 Å². The van der Waals surface area contributed by atoms with E-state index in [2.05, 4.69) is 43.3 Å². The number of hydrogen-bond donors (Lipinski definition) is 1. The van der Waals surface area contributed by atoms with Crippen molar-refractivity contribution in [2.24, 2.45) is 17.6 Å². The molecule has 0 radical (unpaired) electrons. The summed E-state index contributed by atoms with van der Waals surface area (Å²) < 4.78 is 0. The molecule has 5 rings (SSSR count). The van der Waals surface area contributed by atoms with Crippen molar-refractivity contribution in [1.82, 2.24) is 0 Å². The monoisotopic (exact) mass is 317 g/mol. The zero-order valence-electron chi connectivity index (χ0n) is 14.1. The van der Waals surface area contributed by atoms with Crippen LogP contribution < -0.4 is 5.73 Å². The molecule has 3 aliphatic carbocycles. The van der Waals surface area contributed by atoms with Crippen molar-refractivity contribution in [3.63, 3.8) is 0 Å². The van der Waals surface area contributed by atoms with Gasteiger partial charge < -0.3 is 5.73 Å². The fraction of sp³-hybridized carbons (Fsp3) is 0.409. The van der Waals surface area contributed by atoms with Gasteiger partial charge in [0.15, 0.2) is 0 Å². The molecule has 2 N–H and O–H groups in total. The van der Waals surface area contributed by atoms with Crippen LogP contribution in [0, 0.1) is 18.8 Å². The highest BCUT2D eigenvalue weighted by Gasteiger charge is 2.52. The largest absolute Gasteiger partial charge is 0.369 e. The van der Waals surface area contributed by atoms with Gasteiger partial charge in [0.05, 0.1) is 6.42 Å². The maximum absolute atomic E-state index is 11.6. The van der Waals surface area contributed by atoms with Gasteiger partial charge in [-0.2, -0.15) is 0 Å². The minimum absolute atomic E-state index is 0.224. The summed E-state index contributed by atoms with van der Waals surface area (Å²) in [5, 5.41) is 0. The zero-order valence-corrected chi connectivity index (χ0v) is 14.1. The first-order chi connectivity index (χ1) is 11.6. The molecular formula is C22H23NO. The number of nitrogens with two attached hydrogens (primary N) is 1. The zero-order chi connectivity index (χ0) is 16.4. The second-order valence-electron chi connectivity index (χ2n) is 7.94. The smallest absolute Gasteiger partial charge is 0.221 e. The van der Waals surface area contributed by atoms with Crippen molar-refractivity contribution in [3.8, 4) is 11.1 Å². The van der Waals surface area contributed by atoms with Gasteiger partial charge in [-0.3, -0.25) is 4.79 Å². The summed E-state index contributed by atoms with van der Waals surface area (Å²) in [7, 11) is 0. The van der Waals surface area contributed by atoms with E-state index in [9.17, 15) is 4.79 Å². The Kier molecular flexibility index (Phi) is 2.94. The lowest BCUT2D eigenvalue weighted by Crippen LogP contribution is -2.26. The molecule has 1 amide bonds. The number of rotatable bonds is 2. The number of primary amides is 1. The van der Waals surface area contributed by atoms with Crippen LogP contribution >= 0.6 is 0 Å². The van der Waals surface area contributed by atoms with Crippen molar-refractivity contribution in [2.45, 2.75) is 44.4 Å². The maximum atomic E-state index is 11.6. The number of hydrogen-bond acceptors (Lipinski definition) is 1. The molecule has 2 aromatic carbocycles. The van der Waals surface area contributed by atoms with Crippen molar-refractivity contribution in [3.05, 3.63) is 58.7 Å². The normalized spacial score (nSPS) is 29.0. The van der Waals surface area contributed by atoms with E-state index >= 15 is 0 Å². The highest BCUT2D eigenvalue weighted by Crippen LogP contribution is 2.66. The van der Waals surface area contributed by atoms with Crippen molar-refractivity contribution < 1.29 is 4.79 Å². The van der Waals surface area contributed by atoms with Gasteiger partial charge in [-0.05, 0) is 83.2 Å². The lowest BCUT2D eigenvalue weighted by atomic mass is 9.63. The van der Waals surface area contributed by atoms with Crippen LogP contribution in [0.5, 0.6) is 0 Å². The topological polar surface area (TPSA) is 43.1 Å². The predicted octanol–water partition coefficient (Wildman–Crippen LogP) is 4.30. The Balaban J connectivity index is 1.81. The Bertz CT molecular complexity index is 853. The maximum Gasteiger partial charge on any atom is 0.221 e. The molecule has 2 aromatic rings. The molecule has 2 heteroatoms. The summed E-state index contributed by atoms with van der Waals surface area (Å²) in [6, 6.07) is 13.2. The summed E-state index contributed by atoms with van der Waals surface area (Å²) in [5.41, 5.74) is 13.9. The van der Waals surface area contributed by atoms with E-state index in [1.807, 2.05) is 0 Å². The van der Waals surface area contributed by atoms with Gasteiger partial charge in [-0.1, -0.05) is 36.4 Å². The lowest BCUT2D eigenvalue weighted by molar-refractivity contribution is -0.117. The fourth-order valence-electron chi connectivity index (χ4n) is 6.06. The summed E-state index contributed by atoms with van der Waals surface area (Å²) >= 11 is 0. The minimum atomic E-state index is -0.224. The molecule has 0 aromatic heterocycles. The van der Waals surface area contributed by atoms with Gasteiger partial charge in [0, 0.05) is 0 Å². The van der Waals surface area contributed by atoms with Crippen LogP contribution in [0.4, 0.5) is 0 Å². The molecule has 0 aliphatic heterocycles. The van der Waals surface area contributed by atoms with Crippen LogP contribution in [0.3, 0.4) is 0 Å². The number of carbonyl (C=O) groups is 1. The molecule has 2 bridgehead atoms. The number of aryl methyl sites for hydroxylation is 1. The Morgan fingerprint density at radius 3 is 2.33 bits per heavy atom. The highest BCUT2D eigenvalue weighted by molar-refractivity contribution is 5.82. The Hall–Kier alpha value is -2.09.